The number of rotatable bonds is 5. The van der Waals surface area contributed by atoms with E-state index in [0.29, 0.717) is 32.0 Å². The van der Waals surface area contributed by atoms with Crippen molar-refractivity contribution >= 4 is 17.9 Å². The lowest BCUT2D eigenvalue weighted by atomic mass is 9.81. The zero-order valence-corrected chi connectivity index (χ0v) is 14.1. The summed E-state index contributed by atoms with van der Waals surface area (Å²) in [6.45, 7) is 7.16. The van der Waals surface area contributed by atoms with E-state index in [1.807, 2.05) is 18.7 Å². The van der Waals surface area contributed by atoms with Crippen LogP contribution >= 0.6 is 0 Å². The summed E-state index contributed by atoms with van der Waals surface area (Å²) in [6.07, 6.45) is 2.50. The monoisotopic (exact) mass is 325 g/mol. The number of carboxylic acid groups (broad SMARTS) is 1. The molecule has 1 saturated carbocycles. The molecule has 3 amide bonds. The molecule has 130 valence electrons. The molecule has 7 nitrogen and oxygen atoms in total. The molecule has 3 atom stereocenters. The molecular weight excluding hydrogens is 298 g/mol. The lowest BCUT2D eigenvalue weighted by molar-refractivity contribution is -0.149. The topological polar surface area (TPSA) is 98.7 Å². The Morgan fingerprint density at radius 3 is 2.57 bits per heavy atom. The fraction of sp³-hybridized carbons (Fsp3) is 0.812. The molecule has 0 spiro atoms. The van der Waals surface area contributed by atoms with Crippen molar-refractivity contribution < 1.29 is 19.5 Å². The number of hydrogen-bond acceptors (Lipinski definition) is 4. The Labute approximate surface area is 136 Å². The van der Waals surface area contributed by atoms with Gasteiger partial charge in [0.25, 0.3) is 0 Å². The van der Waals surface area contributed by atoms with Gasteiger partial charge in [0.2, 0.25) is 5.91 Å². The third-order valence-electron chi connectivity index (χ3n) is 5.16. The molecule has 1 aliphatic heterocycles. The van der Waals surface area contributed by atoms with Gasteiger partial charge in [0.15, 0.2) is 0 Å². The summed E-state index contributed by atoms with van der Waals surface area (Å²) in [5, 5.41) is 14.6. The van der Waals surface area contributed by atoms with Crippen LogP contribution in [0.15, 0.2) is 0 Å². The molecule has 0 aromatic carbocycles. The highest BCUT2D eigenvalue weighted by atomic mass is 16.4. The maximum Gasteiger partial charge on any atom is 0.321 e. The summed E-state index contributed by atoms with van der Waals surface area (Å²) in [6, 6.07) is -1.01. The lowest BCUT2D eigenvalue weighted by Gasteiger charge is -2.26. The van der Waals surface area contributed by atoms with Gasteiger partial charge in [-0.2, -0.15) is 0 Å². The van der Waals surface area contributed by atoms with Crippen LogP contribution in [0.1, 0.15) is 40.0 Å². The first kappa shape index (κ1) is 17.7. The maximum atomic E-state index is 12.2. The summed E-state index contributed by atoms with van der Waals surface area (Å²) in [5.41, 5.74) is -0.714. The van der Waals surface area contributed by atoms with Crippen molar-refractivity contribution in [2.45, 2.75) is 46.1 Å². The molecule has 1 aliphatic carbocycles. The van der Waals surface area contributed by atoms with Gasteiger partial charge in [0.1, 0.15) is 0 Å². The highest BCUT2D eigenvalue weighted by Crippen LogP contribution is 2.49. The van der Waals surface area contributed by atoms with Gasteiger partial charge in [-0.25, -0.2) is 4.79 Å². The minimum absolute atomic E-state index is 0.102. The molecule has 1 unspecified atom stereocenters. The first-order chi connectivity index (χ1) is 10.8. The number of amides is 3. The lowest BCUT2D eigenvalue weighted by Crippen LogP contribution is -2.50. The van der Waals surface area contributed by atoms with E-state index >= 15 is 0 Å². The number of urea groups is 1. The van der Waals surface area contributed by atoms with Gasteiger partial charge in [-0.15, -0.1) is 0 Å². The Kier molecular flexibility index (Phi) is 5.29. The Hall–Kier alpha value is -1.63. The van der Waals surface area contributed by atoms with E-state index in [-0.39, 0.29) is 11.8 Å². The smallest absolute Gasteiger partial charge is 0.321 e. The molecule has 0 aromatic rings. The van der Waals surface area contributed by atoms with Crippen LogP contribution in [-0.2, 0) is 9.59 Å². The molecule has 0 radical (unpaired) electrons. The van der Waals surface area contributed by atoms with Crippen LogP contribution in [0, 0.1) is 17.3 Å². The van der Waals surface area contributed by atoms with Crippen molar-refractivity contribution in [3.8, 4) is 0 Å². The van der Waals surface area contributed by atoms with Gasteiger partial charge >= 0.3 is 12.0 Å². The molecule has 3 N–H and O–H groups in total. The van der Waals surface area contributed by atoms with Crippen LogP contribution in [0.25, 0.3) is 0 Å². The number of carbonyl (C=O) groups is 3. The molecule has 2 aliphatic rings. The molecule has 1 saturated heterocycles. The number of fused-ring (bicyclic) bond motifs is 1. The second-order valence-electron chi connectivity index (χ2n) is 7.25. The van der Waals surface area contributed by atoms with E-state index in [2.05, 4.69) is 10.6 Å². The third kappa shape index (κ3) is 3.65. The summed E-state index contributed by atoms with van der Waals surface area (Å²) in [4.78, 5) is 37.5. The van der Waals surface area contributed by atoms with Crippen molar-refractivity contribution in [2.75, 3.05) is 19.6 Å². The Morgan fingerprint density at radius 1 is 1.30 bits per heavy atom. The van der Waals surface area contributed by atoms with E-state index in [0.717, 1.165) is 12.8 Å². The fourth-order valence-corrected chi connectivity index (χ4v) is 3.70. The SMILES string of the molecule is CC(C)CNC(=O)NC(=O)C(C)N1C[C@@H]2CCC[C@@]2(C(=O)O)C1. The van der Waals surface area contributed by atoms with Crippen LogP contribution in [0.4, 0.5) is 4.79 Å². The van der Waals surface area contributed by atoms with Gasteiger partial charge < -0.3 is 10.4 Å². The van der Waals surface area contributed by atoms with Gasteiger partial charge in [-0.1, -0.05) is 20.3 Å². The molecule has 1 heterocycles. The van der Waals surface area contributed by atoms with Crippen molar-refractivity contribution in [3.05, 3.63) is 0 Å². The third-order valence-corrected chi connectivity index (χ3v) is 5.16. The van der Waals surface area contributed by atoms with Crippen molar-refractivity contribution in [2.24, 2.45) is 17.3 Å². The summed E-state index contributed by atoms with van der Waals surface area (Å²) in [5.74, 6) is -0.733. The minimum atomic E-state index is -0.759. The fourth-order valence-electron chi connectivity index (χ4n) is 3.70. The molecular formula is C16H27N3O4. The quantitative estimate of drug-likeness (QED) is 0.701. The molecule has 0 aromatic heterocycles. The number of likely N-dealkylation sites (tertiary alicyclic amines) is 1. The number of nitrogens with zero attached hydrogens (tertiary/aromatic N) is 1. The van der Waals surface area contributed by atoms with Crippen LogP contribution in [0.2, 0.25) is 0 Å². The predicted molar refractivity (Wildman–Crippen MR) is 84.8 cm³/mol. The highest BCUT2D eigenvalue weighted by molar-refractivity contribution is 5.96. The molecule has 7 heteroatoms. The van der Waals surface area contributed by atoms with Gasteiger partial charge in [0.05, 0.1) is 11.5 Å². The number of carbonyl (C=O) groups excluding carboxylic acids is 2. The Balaban J connectivity index is 1.91. The van der Waals surface area contributed by atoms with Crippen molar-refractivity contribution in [1.82, 2.24) is 15.5 Å². The number of hydrogen-bond donors (Lipinski definition) is 3. The molecule has 0 bridgehead atoms. The van der Waals surface area contributed by atoms with E-state index in [4.69, 9.17) is 0 Å². The summed E-state index contributed by atoms with van der Waals surface area (Å²) < 4.78 is 0. The first-order valence-corrected chi connectivity index (χ1v) is 8.32. The average Bonchev–Trinajstić information content (AvgIpc) is 3.02. The van der Waals surface area contributed by atoms with Crippen LogP contribution in [0.5, 0.6) is 0 Å². The predicted octanol–water partition coefficient (Wildman–Crippen LogP) is 1.04. The first-order valence-electron chi connectivity index (χ1n) is 8.32. The van der Waals surface area contributed by atoms with E-state index in [1.165, 1.54) is 0 Å². The van der Waals surface area contributed by atoms with E-state index in [1.54, 1.807) is 6.92 Å². The van der Waals surface area contributed by atoms with Crippen LogP contribution in [0.3, 0.4) is 0 Å². The number of aliphatic carboxylic acids is 1. The largest absolute Gasteiger partial charge is 0.481 e. The van der Waals surface area contributed by atoms with E-state index < -0.39 is 23.5 Å². The second-order valence-corrected chi connectivity index (χ2v) is 7.25. The second kappa shape index (κ2) is 6.86. The normalized spacial score (nSPS) is 28.4. The van der Waals surface area contributed by atoms with E-state index in [9.17, 15) is 19.5 Å². The summed E-state index contributed by atoms with van der Waals surface area (Å²) >= 11 is 0. The van der Waals surface area contributed by atoms with Crippen LogP contribution < -0.4 is 10.6 Å². The molecule has 2 fully saturated rings. The van der Waals surface area contributed by atoms with Crippen molar-refractivity contribution in [1.29, 1.82) is 0 Å². The Bertz CT molecular complexity index is 494. The number of nitrogens with one attached hydrogen (secondary N) is 2. The van der Waals surface area contributed by atoms with Gasteiger partial charge in [-0.05, 0) is 31.6 Å². The summed E-state index contributed by atoms with van der Waals surface area (Å²) in [7, 11) is 0. The zero-order chi connectivity index (χ0) is 17.2. The van der Waals surface area contributed by atoms with Crippen molar-refractivity contribution in [3.63, 3.8) is 0 Å². The maximum absolute atomic E-state index is 12.2. The minimum Gasteiger partial charge on any atom is -0.481 e. The number of carboxylic acids is 1. The zero-order valence-electron chi connectivity index (χ0n) is 14.1. The van der Waals surface area contributed by atoms with Crippen LogP contribution in [-0.4, -0.2) is 53.6 Å². The molecule has 2 rings (SSSR count). The highest BCUT2D eigenvalue weighted by Gasteiger charge is 2.55. The molecule has 23 heavy (non-hydrogen) atoms. The number of imide groups is 1. The Morgan fingerprint density at radius 2 is 2.00 bits per heavy atom. The standard InChI is InChI=1S/C16H27N3O4/c1-10(2)7-17-15(23)18-13(20)11(3)19-8-12-5-4-6-16(12,9-19)14(21)22/h10-12H,4-9H2,1-3H3,(H,21,22)(H2,17,18,20,23)/t11?,12-,16+/m0/s1. The average molecular weight is 325 g/mol. The van der Waals surface area contributed by atoms with Gasteiger partial charge in [0, 0.05) is 19.6 Å². The van der Waals surface area contributed by atoms with Gasteiger partial charge in [-0.3, -0.25) is 19.8 Å².